The summed E-state index contributed by atoms with van der Waals surface area (Å²) in [4.78, 5) is 23.6. The van der Waals surface area contributed by atoms with E-state index in [9.17, 15) is 9.59 Å². The number of nitrogens with zero attached hydrogens (tertiary/aromatic N) is 2. The molecule has 0 spiro atoms. The van der Waals surface area contributed by atoms with Crippen LogP contribution in [0.15, 0.2) is 24.3 Å². The lowest BCUT2D eigenvalue weighted by atomic mass is 10.2. The Balaban J connectivity index is 1.80. The Morgan fingerprint density at radius 2 is 1.96 bits per heavy atom. The molecule has 0 atom stereocenters. The molecule has 24 heavy (non-hydrogen) atoms. The van der Waals surface area contributed by atoms with Crippen molar-refractivity contribution in [3.05, 3.63) is 39.8 Å². The van der Waals surface area contributed by atoms with Crippen LogP contribution in [0.5, 0.6) is 0 Å². The number of hydrogen-bond acceptors (Lipinski definition) is 6. The smallest absolute Gasteiger partial charge is 0.286 e. The van der Waals surface area contributed by atoms with Gasteiger partial charge in [0, 0.05) is 18.0 Å². The van der Waals surface area contributed by atoms with E-state index in [0.717, 1.165) is 22.7 Å². The molecule has 0 fully saturated rings. The maximum atomic E-state index is 12.1. The Hall–Kier alpha value is -1.93. The van der Waals surface area contributed by atoms with E-state index in [0.29, 0.717) is 23.1 Å². The first-order chi connectivity index (χ1) is 11.6. The third kappa shape index (κ3) is 5.93. The van der Waals surface area contributed by atoms with Gasteiger partial charge in [-0.15, -0.1) is 22.0 Å². The van der Waals surface area contributed by atoms with Gasteiger partial charge in [0.2, 0.25) is 10.9 Å². The minimum atomic E-state index is -0.270. The summed E-state index contributed by atoms with van der Waals surface area (Å²) in [5.74, 6) is 0.691. The number of nitrogens with one attached hydrogen (secondary N) is 2. The summed E-state index contributed by atoms with van der Waals surface area (Å²) < 4.78 is 0. The lowest BCUT2D eigenvalue weighted by Crippen LogP contribution is -2.25. The van der Waals surface area contributed by atoms with E-state index in [2.05, 4.69) is 20.8 Å². The fourth-order valence-corrected chi connectivity index (χ4v) is 3.41. The largest absolute Gasteiger partial charge is 0.355 e. The van der Waals surface area contributed by atoms with Gasteiger partial charge in [-0.3, -0.25) is 9.59 Å². The molecule has 1 heterocycles. The van der Waals surface area contributed by atoms with Crippen LogP contribution in [0.1, 0.15) is 33.7 Å². The highest BCUT2D eigenvalue weighted by molar-refractivity contribution is 7.99. The fourth-order valence-electron chi connectivity index (χ4n) is 1.77. The Kier molecular flexibility index (Phi) is 7.20. The van der Waals surface area contributed by atoms with E-state index in [1.165, 1.54) is 23.1 Å². The number of anilines is 1. The van der Waals surface area contributed by atoms with Crippen LogP contribution in [0.3, 0.4) is 0 Å². The van der Waals surface area contributed by atoms with E-state index < -0.39 is 0 Å². The summed E-state index contributed by atoms with van der Waals surface area (Å²) in [7, 11) is 0. The molecule has 0 saturated carbocycles. The second-order valence-corrected chi connectivity index (χ2v) is 7.21. The molecule has 2 aromatic rings. The molecule has 0 aliphatic heterocycles. The Morgan fingerprint density at radius 1 is 1.21 bits per heavy atom. The van der Waals surface area contributed by atoms with Crippen LogP contribution in [0.25, 0.3) is 0 Å². The molecule has 1 aromatic heterocycles. The molecular weight excluding hydrogens is 344 g/mol. The number of benzene rings is 1. The van der Waals surface area contributed by atoms with Crippen molar-refractivity contribution in [2.75, 3.05) is 17.6 Å². The highest BCUT2D eigenvalue weighted by Gasteiger charge is 2.13. The number of carbonyl (C=O) groups excluding carboxylic acids is 2. The van der Waals surface area contributed by atoms with E-state index in [4.69, 9.17) is 0 Å². The standard InChI is InChI=1S/C16H20N4O2S2/c1-3-8-17-13(21)9-23-10-14-19-20-16(24-14)15(22)18-12-6-4-11(2)5-7-12/h4-7H,3,8-10H2,1-2H3,(H,17,21)(H,18,22). The molecule has 6 nitrogen and oxygen atoms in total. The molecule has 0 radical (unpaired) electrons. The normalized spacial score (nSPS) is 10.4. The van der Waals surface area contributed by atoms with Crippen LogP contribution >= 0.6 is 23.1 Å². The van der Waals surface area contributed by atoms with Gasteiger partial charge in [0.05, 0.1) is 5.75 Å². The van der Waals surface area contributed by atoms with Crippen molar-refractivity contribution in [2.45, 2.75) is 26.0 Å². The quantitative estimate of drug-likeness (QED) is 0.752. The van der Waals surface area contributed by atoms with Gasteiger partial charge in [0.1, 0.15) is 5.01 Å². The van der Waals surface area contributed by atoms with Crippen LogP contribution in [0.4, 0.5) is 5.69 Å². The average molecular weight is 364 g/mol. The summed E-state index contributed by atoms with van der Waals surface area (Å²) in [5.41, 5.74) is 1.86. The molecule has 128 valence electrons. The highest BCUT2D eigenvalue weighted by Crippen LogP contribution is 2.18. The fraction of sp³-hybridized carbons (Fsp3) is 0.375. The van der Waals surface area contributed by atoms with Crippen molar-refractivity contribution in [1.29, 1.82) is 0 Å². The second kappa shape index (κ2) is 9.39. The maximum Gasteiger partial charge on any atom is 0.286 e. The zero-order valence-electron chi connectivity index (χ0n) is 13.7. The van der Waals surface area contributed by atoms with Crippen molar-refractivity contribution in [2.24, 2.45) is 0 Å². The lowest BCUT2D eigenvalue weighted by Gasteiger charge is -2.02. The minimum Gasteiger partial charge on any atom is -0.355 e. The van der Waals surface area contributed by atoms with E-state index in [1.807, 2.05) is 38.1 Å². The number of hydrogen-bond donors (Lipinski definition) is 2. The molecule has 0 aliphatic rings. The van der Waals surface area contributed by atoms with Crippen LogP contribution in [-0.4, -0.2) is 34.3 Å². The first-order valence-corrected chi connectivity index (χ1v) is 9.60. The first kappa shape index (κ1) is 18.4. The topological polar surface area (TPSA) is 84.0 Å². The van der Waals surface area contributed by atoms with Gasteiger partial charge in [-0.2, -0.15) is 0 Å². The Morgan fingerprint density at radius 3 is 2.67 bits per heavy atom. The van der Waals surface area contributed by atoms with Gasteiger partial charge in [-0.05, 0) is 25.5 Å². The molecule has 2 N–H and O–H groups in total. The lowest BCUT2D eigenvalue weighted by molar-refractivity contribution is -0.118. The van der Waals surface area contributed by atoms with Crippen molar-refractivity contribution < 1.29 is 9.59 Å². The van der Waals surface area contributed by atoms with Gasteiger partial charge in [-0.25, -0.2) is 0 Å². The number of aryl methyl sites for hydroxylation is 1. The summed E-state index contributed by atoms with van der Waals surface area (Å²) in [6.07, 6.45) is 0.923. The molecule has 0 unspecified atom stereocenters. The Bertz CT molecular complexity index is 686. The van der Waals surface area contributed by atoms with E-state index >= 15 is 0 Å². The van der Waals surface area contributed by atoms with Crippen molar-refractivity contribution in [3.8, 4) is 0 Å². The number of thioether (sulfide) groups is 1. The molecular formula is C16H20N4O2S2. The monoisotopic (exact) mass is 364 g/mol. The van der Waals surface area contributed by atoms with Crippen molar-refractivity contribution in [1.82, 2.24) is 15.5 Å². The second-order valence-electron chi connectivity index (χ2n) is 5.16. The molecule has 2 rings (SSSR count). The third-order valence-electron chi connectivity index (χ3n) is 3.00. The highest BCUT2D eigenvalue weighted by atomic mass is 32.2. The molecule has 2 amide bonds. The predicted octanol–water partition coefficient (Wildman–Crippen LogP) is 2.86. The van der Waals surface area contributed by atoms with Crippen LogP contribution in [0, 0.1) is 6.92 Å². The van der Waals surface area contributed by atoms with Gasteiger partial charge >= 0.3 is 0 Å². The first-order valence-electron chi connectivity index (χ1n) is 7.63. The minimum absolute atomic E-state index is 0.0173. The molecule has 8 heteroatoms. The molecule has 1 aromatic carbocycles. The summed E-state index contributed by atoms with van der Waals surface area (Å²) >= 11 is 2.71. The number of carbonyl (C=O) groups is 2. The van der Waals surface area contributed by atoms with E-state index in [1.54, 1.807) is 0 Å². The zero-order chi connectivity index (χ0) is 17.4. The van der Waals surface area contributed by atoms with Crippen molar-refractivity contribution in [3.63, 3.8) is 0 Å². The van der Waals surface area contributed by atoms with Crippen LogP contribution in [0.2, 0.25) is 0 Å². The zero-order valence-corrected chi connectivity index (χ0v) is 15.3. The van der Waals surface area contributed by atoms with Crippen LogP contribution in [-0.2, 0) is 10.5 Å². The average Bonchev–Trinajstić information content (AvgIpc) is 3.04. The van der Waals surface area contributed by atoms with E-state index in [-0.39, 0.29) is 11.8 Å². The summed E-state index contributed by atoms with van der Waals surface area (Å²) in [6, 6.07) is 7.56. The summed E-state index contributed by atoms with van der Waals surface area (Å²) in [5, 5.41) is 14.6. The molecule has 0 saturated heterocycles. The van der Waals surface area contributed by atoms with Gasteiger partial charge in [0.25, 0.3) is 5.91 Å². The number of aromatic nitrogens is 2. The van der Waals surface area contributed by atoms with Gasteiger partial charge in [-0.1, -0.05) is 36.0 Å². The summed E-state index contributed by atoms with van der Waals surface area (Å²) in [6.45, 7) is 4.70. The maximum absolute atomic E-state index is 12.1. The number of amides is 2. The van der Waals surface area contributed by atoms with Gasteiger partial charge < -0.3 is 10.6 Å². The van der Waals surface area contributed by atoms with Crippen molar-refractivity contribution >= 4 is 40.6 Å². The number of rotatable bonds is 8. The SMILES string of the molecule is CCCNC(=O)CSCc1nnc(C(=O)Nc2ccc(C)cc2)s1. The predicted molar refractivity (Wildman–Crippen MR) is 98.5 cm³/mol. The molecule has 0 aliphatic carbocycles. The molecule has 0 bridgehead atoms. The Labute approximate surface area is 149 Å². The van der Waals surface area contributed by atoms with Gasteiger partial charge in [0.15, 0.2) is 0 Å². The third-order valence-corrected chi connectivity index (χ3v) is 5.05. The van der Waals surface area contributed by atoms with Crippen LogP contribution < -0.4 is 10.6 Å².